The molecular formula is C20H25FN4O2S. The summed E-state index contributed by atoms with van der Waals surface area (Å²) in [5.41, 5.74) is 1.68. The fraction of sp³-hybridized carbons (Fsp3) is 0.400. The molecule has 0 spiro atoms. The lowest BCUT2D eigenvalue weighted by Crippen LogP contribution is -2.55. The predicted molar refractivity (Wildman–Crippen MR) is 110 cm³/mol. The molecule has 1 fully saturated rings. The number of fused-ring (bicyclic) bond motifs is 1. The highest BCUT2D eigenvalue weighted by Gasteiger charge is 2.41. The van der Waals surface area contributed by atoms with Gasteiger partial charge in [0, 0.05) is 38.3 Å². The monoisotopic (exact) mass is 404 g/mol. The van der Waals surface area contributed by atoms with Crippen molar-refractivity contribution < 1.29 is 12.8 Å². The molecule has 1 N–H and O–H groups in total. The summed E-state index contributed by atoms with van der Waals surface area (Å²) in [6.07, 6.45) is 0. The summed E-state index contributed by atoms with van der Waals surface area (Å²) in [7, 11) is -3.78. The van der Waals surface area contributed by atoms with E-state index >= 15 is 0 Å². The van der Waals surface area contributed by atoms with Crippen LogP contribution in [0, 0.1) is 5.82 Å². The van der Waals surface area contributed by atoms with Crippen molar-refractivity contribution in [1.82, 2.24) is 10.2 Å². The Kier molecular flexibility index (Phi) is 5.03. The van der Waals surface area contributed by atoms with Gasteiger partial charge >= 0.3 is 10.2 Å². The van der Waals surface area contributed by atoms with Crippen LogP contribution in [-0.4, -0.2) is 51.6 Å². The highest BCUT2D eigenvalue weighted by molar-refractivity contribution is 7.95. The number of benzene rings is 2. The fourth-order valence-corrected chi connectivity index (χ4v) is 5.84. The van der Waals surface area contributed by atoms with Crippen molar-refractivity contribution in [2.75, 3.05) is 34.8 Å². The number of anilines is 3. The van der Waals surface area contributed by atoms with E-state index in [1.807, 2.05) is 18.2 Å². The maximum Gasteiger partial charge on any atom is 0.331 e. The molecule has 2 aromatic carbocycles. The number of piperazine rings is 1. The minimum Gasteiger partial charge on any atom is -0.309 e. The van der Waals surface area contributed by atoms with Gasteiger partial charge in [0.2, 0.25) is 0 Å². The number of hydrogen-bond donors (Lipinski definition) is 1. The summed E-state index contributed by atoms with van der Waals surface area (Å²) in [5, 5.41) is 3.49. The summed E-state index contributed by atoms with van der Waals surface area (Å²) in [5.74, 6) is -0.396. The van der Waals surface area contributed by atoms with E-state index in [0.29, 0.717) is 42.2 Å². The summed E-state index contributed by atoms with van der Waals surface area (Å²) in [6.45, 7) is 7.09. The van der Waals surface area contributed by atoms with E-state index < -0.39 is 16.0 Å². The zero-order chi connectivity index (χ0) is 19.9. The highest BCUT2D eigenvalue weighted by Crippen LogP contribution is 2.44. The van der Waals surface area contributed by atoms with Crippen molar-refractivity contribution in [3.8, 4) is 0 Å². The van der Waals surface area contributed by atoms with Gasteiger partial charge in [0.15, 0.2) is 0 Å². The predicted octanol–water partition coefficient (Wildman–Crippen LogP) is 2.71. The first-order valence-corrected chi connectivity index (χ1v) is 10.9. The zero-order valence-corrected chi connectivity index (χ0v) is 16.9. The Morgan fingerprint density at radius 3 is 2.21 bits per heavy atom. The zero-order valence-electron chi connectivity index (χ0n) is 16.0. The van der Waals surface area contributed by atoms with Gasteiger partial charge < -0.3 is 5.32 Å². The van der Waals surface area contributed by atoms with Crippen LogP contribution < -0.4 is 13.9 Å². The van der Waals surface area contributed by atoms with Gasteiger partial charge in [-0.2, -0.15) is 8.42 Å². The Morgan fingerprint density at radius 1 is 0.964 bits per heavy atom. The molecule has 0 amide bonds. The lowest BCUT2D eigenvalue weighted by Gasteiger charge is -2.36. The van der Waals surface area contributed by atoms with E-state index in [1.165, 1.54) is 32.9 Å². The van der Waals surface area contributed by atoms with E-state index in [9.17, 15) is 12.8 Å². The van der Waals surface area contributed by atoms with Crippen LogP contribution in [0.5, 0.6) is 0 Å². The minimum absolute atomic E-state index is 0.372. The molecule has 2 aliphatic heterocycles. The van der Waals surface area contributed by atoms with Crippen molar-refractivity contribution in [3.05, 3.63) is 54.3 Å². The molecular weight excluding hydrogens is 379 g/mol. The molecule has 0 unspecified atom stereocenters. The molecule has 8 heteroatoms. The number of hydrogen-bond acceptors (Lipinski definition) is 4. The standard InChI is InChI=1S/C20H25FN4O2S/c1-15-13-23(14-16(2)22-15)11-12-24-19-5-3-4-6-20(19)25(28(24,26)27)18-9-7-17(21)8-10-18/h3-10,15-16,22H,11-14H2,1-2H3/t15-,16+. The molecule has 0 aromatic heterocycles. The van der Waals surface area contributed by atoms with E-state index in [4.69, 9.17) is 0 Å². The number of nitrogens with one attached hydrogen (secondary N) is 1. The Bertz CT molecular complexity index is 941. The maximum atomic E-state index is 13.4. The lowest BCUT2D eigenvalue weighted by atomic mass is 10.1. The first-order chi connectivity index (χ1) is 13.4. The molecule has 6 nitrogen and oxygen atoms in total. The topological polar surface area (TPSA) is 55.9 Å². The maximum absolute atomic E-state index is 13.4. The lowest BCUT2D eigenvalue weighted by molar-refractivity contribution is 0.178. The van der Waals surface area contributed by atoms with Crippen LogP contribution >= 0.6 is 0 Å². The molecule has 0 bridgehead atoms. The molecule has 2 heterocycles. The second kappa shape index (κ2) is 7.35. The minimum atomic E-state index is -3.78. The van der Waals surface area contributed by atoms with E-state index in [2.05, 4.69) is 24.1 Å². The van der Waals surface area contributed by atoms with Crippen LogP contribution in [0.1, 0.15) is 13.8 Å². The third-order valence-corrected chi connectivity index (χ3v) is 7.00. The Hall–Kier alpha value is -2.16. The molecule has 2 aliphatic rings. The van der Waals surface area contributed by atoms with Crippen molar-refractivity contribution in [2.24, 2.45) is 0 Å². The van der Waals surface area contributed by atoms with E-state index in [0.717, 1.165) is 13.1 Å². The van der Waals surface area contributed by atoms with Crippen LogP contribution in [0.25, 0.3) is 0 Å². The van der Waals surface area contributed by atoms with Crippen LogP contribution in [0.15, 0.2) is 48.5 Å². The van der Waals surface area contributed by atoms with Gasteiger partial charge in [-0.15, -0.1) is 0 Å². The quantitative estimate of drug-likeness (QED) is 0.851. The van der Waals surface area contributed by atoms with Gasteiger partial charge in [-0.25, -0.2) is 13.0 Å². The van der Waals surface area contributed by atoms with Crippen molar-refractivity contribution in [2.45, 2.75) is 25.9 Å². The van der Waals surface area contributed by atoms with Gasteiger partial charge in [-0.3, -0.25) is 4.90 Å². The van der Waals surface area contributed by atoms with Gasteiger partial charge in [0.1, 0.15) is 5.82 Å². The third-order valence-electron chi connectivity index (χ3n) is 5.19. The first-order valence-electron chi connectivity index (χ1n) is 9.52. The van der Waals surface area contributed by atoms with Crippen LogP contribution in [0.2, 0.25) is 0 Å². The number of halogens is 1. The SMILES string of the molecule is C[C@@H]1CN(CCN2c3ccccc3N(c3ccc(F)cc3)S2(=O)=O)C[C@H](C)N1. The molecule has 28 heavy (non-hydrogen) atoms. The largest absolute Gasteiger partial charge is 0.331 e. The van der Waals surface area contributed by atoms with Crippen molar-refractivity contribution in [1.29, 1.82) is 0 Å². The van der Waals surface area contributed by atoms with Gasteiger partial charge in [0.25, 0.3) is 0 Å². The number of rotatable bonds is 4. The molecule has 150 valence electrons. The molecule has 2 atom stereocenters. The van der Waals surface area contributed by atoms with Crippen molar-refractivity contribution >= 4 is 27.3 Å². The summed E-state index contributed by atoms with van der Waals surface area (Å²) in [6, 6.07) is 13.5. The van der Waals surface area contributed by atoms with E-state index in [1.54, 1.807) is 6.07 Å². The fourth-order valence-electron chi connectivity index (χ4n) is 4.13. The van der Waals surface area contributed by atoms with Gasteiger partial charge in [0.05, 0.1) is 17.1 Å². The highest BCUT2D eigenvalue weighted by atomic mass is 32.2. The summed E-state index contributed by atoms with van der Waals surface area (Å²) >= 11 is 0. The number of para-hydroxylation sites is 2. The summed E-state index contributed by atoms with van der Waals surface area (Å²) in [4.78, 5) is 2.30. The molecule has 0 saturated carbocycles. The molecule has 0 aliphatic carbocycles. The molecule has 0 radical (unpaired) electrons. The molecule has 4 rings (SSSR count). The van der Waals surface area contributed by atoms with Gasteiger partial charge in [-0.05, 0) is 50.2 Å². The van der Waals surface area contributed by atoms with Crippen LogP contribution in [0.3, 0.4) is 0 Å². The number of nitrogens with zero attached hydrogens (tertiary/aromatic N) is 3. The Morgan fingerprint density at radius 2 is 1.57 bits per heavy atom. The molecule has 2 aromatic rings. The van der Waals surface area contributed by atoms with Crippen molar-refractivity contribution in [3.63, 3.8) is 0 Å². The van der Waals surface area contributed by atoms with Crippen LogP contribution in [-0.2, 0) is 10.2 Å². The normalized spacial score (nSPS) is 24.4. The molecule has 1 saturated heterocycles. The second-order valence-corrected chi connectivity index (χ2v) is 9.24. The van der Waals surface area contributed by atoms with E-state index in [-0.39, 0.29) is 0 Å². The second-order valence-electron chi connectivity index (χ2n) is 7.54. The Labute approximate surface area is 165 Å². The first kappa shape index (κ1) is 19.2. The third kappa shape index (κ3) is 3.47. The van der Waals surface area contributed by atoms with Gasteiger partial charge in [-0.1, -0.05) is 12.1 Å². The smallest absolute Gasteiger partial charge is 0.309 e. The van der Waals surface area contributed by atoms with Crippen LogP contribution in [0.4, 0.5) is 21.5 Å². The average Bonchev–Trinajstić information content (AvgIpc) is 2.86. The Balaban J connectivity index is 1.62. The average molecular weight is 405 g/mol. The summed E-state index contributed by atoms with van der Waals surface area (Å²) < 4.78 is 42.8.